The number of hydrogen-bond donors (Lipinski definition) is 1. The van der Waals surface area contributed by atoms with E-state index in [1.165, 1.54) is 18.4 Å². The van der Waals surface area contributed by atoms with Gasteiger partial charge in [-0.1, -0.05) is 30.3 Å². The molecule has 1 aromatic rings. The quantitative estimate of drug-likeness (QED) is 0.925. The van der Waals surface area contributed by atoms with Gasteiger partial charge in [-0.05, 0) is 50.1 Å². The van der Waals surface area contributed by atoms with E-state index in [2.05, 4.69) is 35.6 Å². The first-order valence-corrected chi connectivity index (χ1v) is 8.25. The van der Waals surface area contributed by atoms with Gasteiger partial charge in [0.05, 0.1) is 18.8 Å². The molecule has 1 saturated carbocycles. The number of carbonyl (C=O) groups is 1. The lowest BCUT2D eigenvalue weighted by molar-refractivity contribution is -0.124. The van der Waals surface area contributed by atoms with Crippen molar-refractivity contribution < 1.29 is 9.53 Å². The van der Waals surface area contributed by atoms with Gasteiger partial charge < -0.3 is 10.1 Å². The van der Waals surface area contributed by atoms with Crippen molar-refractivity contribution in [3.63, 3.8) is 0 Å². The summed E-state index contributed by atoms with van der Waals surface area (Å²) < 4.78 is 5.99. The number of Topliss-reactive ketones (excluding diaryl/α,β-unsaturated/α-hetero) is 1. The fraction of sp³-hybridized carbons (Fsp3) is 0.611. The second-order valence-electron chi connectivity index (χ2n) is 6.29. The molecule has 1 atom stereocenters. The summed E-state index contributed by atoms with van der Waals surface area (Å²) in [7, 11) is 0. The molecule has 21 heavy (non-hydrogen) atoms. The lowest BCUT2D eigenvalue weighted by Gasteiger charge is -2.30. The second kappa shape index (κ2) is 7.19. The molecule has 3 heteroatoms. The Balaban J connectivity index is 1.42. The Morgan fingerprint density at radius 3 is 2.57 bits per heavy atom. The predicted octanol–water partition coefficient (Wildman–Crippen LogP) is 3.05. The molecule has 114 valence electrons. The molecule has 3 nitrogen and oxygen atoms in total. The van der Waals surface area contributed by atoms with E-state index in [1.807, 2.05) is 0 Å². The van der Waals surface area contributed by atoms with Crippen molar-refractivity contribution >= 4 is 5.78 Å². The van der Waals surface area contributed by atoms with Crippen LogP contribution in [0.3, 0.4) is 0 Å². The van der Waals surface area contributed by atoms with Crippen LogP contribution in [-0.4, -0.2) is 31.1 Å². The molecular formula is C18H25NO2. The molecule has 1 unspecified atom stereocenters. The number of ketones is 1. The van der Waals surface area contributed by atoms with Crippen LogP contribution in [0.25, 0.3) is 0 Å². The molecule has 2 fully saturated rings. The van der Waals surface area contributed by atoms with E-state index in [1.54, 1.807) is 0 Å². The maximum absolute atomic E-state index is 11.8. The van der Waals surface area contributed by atoms with E-state index in [0.29, 0.717) is 30.8 Å². The second-order valence-corrected chi connectivity index (χ2v) is 6.29. The maximum Gasteiger partial charge on any atom is 0.152 e. The van der Waals surface area contributed by atoms with Crippen molar-refractivity contribution in [2.75, 3.05) is 13.2 Å². The lowest BCUT2D eigenvalue weighted by Crippen LogP contribution is -2.45. The Hall–Kier alpha value is -1.19. The minimum absolute atomic E-state index is 0.0643. The number of nitrogens with one attached hydrogen (secondary N) is 1. The zero-order valence-electron chi connectivity index (χ0n) is 12.6. The number of ether oxygens (including phenoxy) is 1. The molecule has 1 aliphatic heterocycles. The third-order valence-electron chi connectivity index (χ3n) is 4.82. The van der Waals surface area contributed by atoms with Crippen molar-refractivity contribution in [1.82, 2.24) is 5.32 Å². The summed E-state index contributed by atoms with van der Waals surface area (Å²) in [5.41, 5.74) is 1.46. The minimum atomic E-state index is -0.0643. The van der Waals surface area contributed by atoms with E-state index >= 15 is 0 Å². The van der Waals surface area contributed by atoms with Crippen LogP contribution < -0.4 is 5.32 Å². The van der Waals surface area contributed by atoms with Crippen molar-refractivity contribution in [1.29, 1.82) is 0 Å². The summed E-state index contributed by atoms with van der Waals surface area (Å²) in [4.78, 5) is 11.8. The van der Waals surface area contributed by atoms with Gasteiger partial charge in [-0.15, -0.1) is 0 Å². The van der Waals surface area contributed by atoms with Crippen molar-refractivity contribution in [2.24, 2.45) is 0 Å². The summed E-state index contributed by atoms with van der Waals surface area (Å²) in [6, 6.07) is 10.7. The molecule has 1 saturated heterocycles. The summed E-state index contributed by atoms with van der Waals surface area (Å²) in [6.45, 7) is 1.50. The van der Waals surface area contributed by atoms with Crippen LogP contribution in [0.4, 0.5) is 0 Å². The molecule has 1 aliphatic carbocycles. The first-order chi connectivity index (χ1) is 10.3. The van der Waals surface area contributed by atoms with E-state index in [4.69, 9.17) is 4.74 Å². The van der Waals surface area contributed by atoms with Crippen LogP contribution in [0.15, 0.2) is 30.3 Å². The molecule has 0 radical (unpaired) electrons. The van der Waals surface area contributed by atoms with E-state index in [0.717, 1.165) is 25.8 Å². The van der Waals surface area contributed by atoms with Gasteiger partial charge in [0.2, 0.25) is 0 Å². The highest BCUT2D eigenvalue weighted by Crippen LogP contribution is 2.33. The summed E-state index contributed by atoms with van der Waals surface area (Å²) >= 11 is 0. The Kier molecular flexibility index (Phi) is 5.04. The van der Waals surface area contributed by atoms with E-state index < -0.39 is 0 Å². The Labute approximate surface area is 127 Å². The number of hydrogen-bond acceptors (Lipinski definition) is 3. The Bertz CT molecular complexity index is 452. The zero-order valence-corrected chi connectivity index (χ0v) is 12.6. The summed E-state index contributed by atoms with van der Waals surface area (Å²) in [6.07, 6.45) is 6.63. The van der Waals surface area contributed by atoms with Crippen LogP contribution in [-0.2, 0) is 9.53 Å². The van der Waals surface area contributed by atoms with Gasteiger partial charge in [0, 0.05) is 6.42 Å². The normalized spacial score (nSPS) is 30.3. The maximum atomic E-state index is 11.8. The molecule has 0 aromatic heterocycles. The number of rotatable bonds is 4. The van der Waals surface area contributed by atoms with E-state index in [9.17, 15) is 4.79 Å². The Morgan fingerprint density at radius 1 is 1.10 bits per heavy atom. The van der Waals surface area contributed by atoms with Crippen molar-refractivity contribution in [2.45, 2.75) is 56.6 Å². The SMILES string of the molecule is O=C1CCCNC1CO[C@H]1CC[C@@H](c2ccccc2)CC1. The van der Waals surface area contributed by atoms with Crippen LogP contribution >= 0.6 is 0 Å². The van der Waals surface area contributed by atoms with Crippen LogP contribution in [0.1, 0.15) is 50.0 Å². The molecule has 0 spiro atoms. The van der Waals surface area contributed by atoms with Gasteiger partial charge in [0.1, 0.15) is 0 Å². The molecule has 0 amide bonds. The first-order valence-electron chi connectivity index (χ1n) is 8.25. The van der Waals surface area contributed by atoms with Crippen molar-refractivity contribution in [3.8, 4) is 0 Å². The lowest BCUT2D eigenvalue weighted by atomic mass is 9.83. The highest BCUT2D eigenvalue weighted by Gasteiger charge is 2.26. The number of carbonyl (C=O) groups excluding carboxylic acids is 1. The third-order valence-corrected chi connectivity index (χ3v) is 4.82. The number of benzene rings is 1. The highest BCUT2D eigenvalue weighted by molar-refractivity contribution is 5.84. The molecular weight excluding hydrogens is 262 g/mol. The molecule has 0 bridgehead atoms. The molecule has 1 heterocycles. The van der Waals surface area contributed by atoms with Gasteiger partial charge in [-0.25, -0.2) is 0 Å². The van der Waals surface area contributed by atoms with Gasteiger partial charge in [0.15, 0.2) is 5.78 Å². The minimum Gasteiger partial charge on any atom is -0.376 e. The fourth-order valence-corrected chi connectivity index (χ4v) is 3.50. The van der Waals surface area contributed by atoms with Crippen LogP contribution in [0.5, 0.6) is 0 Å². The van der Waals surface area contributed by atoms with Gasteiger partial charge >= 0.3 is 0 Å². The van der Waals surface area contributed by atoms with Crippen LogP contribution in [0.2, 0.25) is 0 Å². The van der Waals surface area contributed by atoms with Crippen LogP contribution in [0, 0.1) is 0 Å². The third kappa shape index (κ3) is 3.92. The molecule has 2 aliphatic rings. The predicted molar refractivity (Wildman–Crippen MR) is 83.4 cm³/mol. The van der Waals surface area contributed by atoms with E-state index in [-0.39, 0.29) is 6.04 Å². The molecule has 1 N–H and O–H groups in total. The highest BCUT2D eigenvalue weighted by atomic mass is 16.5. The van der Waals surface area contributed by atoms with Crippen molar-refractivity contribution in [3.05, 3.63) is 35.9 Å². The van der Waals surface area contributed by atoms with Gasteiger partial charge in [-0.3, -0.25) is 4.79 Å². The molecule has 1 aromatic carbocycles. The van der Waals surface area contributed by atoms with Gasteiger partial charge in [0.25, 0.3) is 0 Å². The topological polar surface area (TPSA) is 38.3 Å². The fourth-order valence-electron chi connectivity index (χ4n) is 3.50. The largest absolute Gasteiger partial charge is 0.376 e. The summed E-state index contributed by atoms with van der Waals surface area (Å²) in [5.74, 6) is 1.000. The first kappa shape index (κ1) is 14.7. The molecule has 3 rings (SSSR count). The zero-order chi connectivity index (χ0) is 14.5. The average Bonchev–Trinajstić information content (AvgIpc) is 2.55. The standard InChI is InChI=1S/C18H25NO2/c20-18-7-4-12-19-17(18)13-21-16-10-8-15(9-11-16)14-5-2-1-3-6-14/h1-3,5-6,15-17,19H,4,7-13H2/t15-,16+,17?. The smallest absolute Gasteiger partial charge is 0.152 e. The Morgan fingerprint density at radius 2 is 1.86 bits per heavy atom. The monoisotopic (exact) mass is 287 g/mol. The number of piperidine rings is 1. The van der Waals surface area contributed by atoms with Gasteiger partial charge in [-0.2, -0.15) is 0 Å². The average molecular weight is 287 g/mol. The summed E-state index contributed by atoms with van der Waals surface area (Å²) in [5, 5.41) is 3.27.